The first kappa shape index (κ1) is 23.4. The number of carbonyl (C=O) groups excluding carboxylic acids is 1. The third-order valence-corrected chi connectivity index (χ3v) is 11.2. The molecule has 0 heterocycles. The highest BCUT2D eigenvalue weighted by Crippen LogP contribution is 2.40. The Labute approximate surface area is 185 Å². The molecule has 2 N–H and O–H groups in total. The molecular weight excluding hydrogens is 408 g/mol. The summed E-state index contributed by atoms with van der Waals surface area (Å²) < 4.78 is 12.1. The molecule has 0 unspecified atom stereocenters. The van der Waals surface area contributed by atoms with Crippen LogP contribution in [-0.4, -0.2) is 50.4 Å². The van der Waals surface area contributed by atoms with Crippen LogP contribution in [0.25, 0.3) is 0 Å². The van der Waals surface area contributed by atoms with Crippen molar-refractivity contribution in [1.29, 1.82) is 0 Å². The van der Waals surface area contributed by atoms with E-state index in [0.717, 1.165) is 10.4 Å². The van der Waals surface area contributed by atoms with Crippen LogP contribution in [0, 0.1) is 11.8 Å². The predicted octanol–water partition coefficient (Wildman–Crippen LogP) is 2.26. The molecule has 0 saturated heterocycles. The quantitative estimate of drug-likeness (QED) is 0.409. The van der Waals surface area contributed by atoms with E-state index in [1.54, 1.807) is 12.2 Å². The van der Waals surface area contributed by atoms with Gasteiger partial charge in [0, 0.05) is 12.5 Å². The van der Waals surface area contributed by atoms with Gasteiger partial charge in [0.25, 0.3) is 8.32 Å². The van der Waals surface area contributed by atoms with Gasteiger partial charge in [0.1, 0.15) is 0 Å². The Balaban J connectivity index is 2.21. The minimum Gasteiger partial charge on any atom is -0.469 e. The fraction of sp³-hybridized carbons (Fsp3) is 0.400. The second-order valence-electron chi connectivity index (χ2n) is 9.02. The van der Waals surface area contributed by atoms with Crippen molar-refractivity contribution in [3.8, 4) is 0 Å². The Morgan fingerprint density at radius 2 is 1.48 bits per heavy atom. The SMILES string of the molecule is COC(=O)[C@@H]1[C@@H](CO)[C@@H](O)C=C[C@H]1O[Si](c1ccccc1)(c1ccccc1)C(C)(C)C. The maximum absolute atomic E-state index is 12.8. The Hall–Kier alpha value is -2.25. The lowest BCUT2D eigenvalue weighted by Gasteiger charge is -2.47. The van der Waals surface area contributed by atoms with Crippen molar-refractivity contribution in [2.75, 3.05) is 13.7 Å². The first-order valence-corrected chi connectivity index (χ1v) is 12.5. The number of esters is 1. The van der Waals surface area contributed by atoms with Crippen molar-refractivity contribution < 1.29 is 24.2 Å². The summed E-state index contributed by atoms with van der Waals surface area (Å²) in [5.41, 5.74) is 0. The van der Waals surface area contributed by atoms with Crippen LogP contribution in [0.1, 0.15) is 20.8 Å². The number of hydrogen-bond acceptors (Lipinski definition) is 5. The zero-order valence-corrected chi connectivity index (χ0v) is 19.6. The van der Waals surface area contributed by atoms with Gasteiger partial charge in [0.05, 0.1) is 25.2 Å². The van der Waals surface area contributed by atoms with E-state index in [9.17, 15) is 15.0 Å². The molecule has 1 aliphatic carbocycles. The first-order valence-electron chi connectivity index (χ1n) is 10.6. The largest absolute Gasteiger partial charge is 0.469 e. The van der Waals surface area contributed by atoms with Crippen molar-refractivity contribution in [2.24, 2.45) is 11.8 Å². The zero-order chi connectivity index (χ0) is 22.6. The zero-order valence-electron chi connectivity index (χ0n) is 18.6. The molecule has 1 aliphatic rings. The molecule has 2 aromatic rings. The van der Waals surface area contributed by atoms with Crippen molar-refractivity contribution in [3.63, 3.8) is 0 Å². The maximum Gasteiger partial charge on any atom is 0.312 e. The van der Waals surface area contributed by atoms with Gasteiger partial charge in [-0.3, -0.25) is 4.79 Å². The second kappa shape index (κ2) is 9.49. The molecule has 2 aromatic carbocycles. The van der Waals surface area contributed by atoms with E-state index < -0.39 is 38.3 Å². The molecule has 166 valence electrons. The monoisotopic (exact) mass is 440 g/mol. The number of methoxy groups -OCH3 is 1. The minimum absolute atomic E-state index is 0.269. The molecule has 5 nitrogen and oxygen atoms in total. The van der Waals surface area contributed by atoms with Crippen LogP contribution in [-0.2, 0) is 14.0 Å². The Kier molecular flexibility index (Phi) is 7.16. The highest BCUT2D eigenvalue weighted by molar-refractivity contribution is 6.99. The second-order valence-corrected chi connectivity index (χ2v) is 13.3. The number of benzene rings is 2. The normalized spacial score (nSPS) is 24.1. The fourth-order valence-corrected chi connectivity index (χ4v) is 9.26. The summed E-state index contributed by atoms with van der Waals surface area (Å²) in [7, 11) is -1.60. The van der Waals surface area contributed by atoms with E-state index in [2.05, 4.69) is 45.0 Å². The van der Waals surface area contributed by atoms with Crippen LogP contribution >= 0.6 is 0 Å². The molecular formula is C25H32O5Si. The predicted molar refractivity (Wildman–Crippen MR) is 124 cm³/mol. The van der Waals surface area contributed by atoms with Crippen LogP contribution in [0.15, 0.2) is 72.8 Å². The van der Waals surface area contributed by atoms with Gasteiger partial charge in [-0.25, -0.2) is 0 Å². The van der Waals surface area contributed by atoms with E-state index in [4.69, 9.17) is 9.16 Å². The molecule has 0 spiro atoms. The number of rotatable bonds is 6. The summed E-state index contributed by atoms with van der Waals surface area (Å²) in [5.74, 6) is -2.00. The lowest BCUT2D eigenvalue weighted by Crippen LogP contribution is -2.68. The van der Waals surface area contributed by atoms with Gasteiger partial charge in [-0.2, -0.15) is 0 Å². The number of hydrogen-bond donors (Lipinski definition) is 2. The van der Waals surface area contributed by atoms with Crippen molar-refractivity contribution in [1.82, 2.24) is 0 Å². The summed E-state index contributed by atoms with van der Waals surface area (Å²) in [6, 6.07) is 20.3. The van der Waals surface area contributed by atoms with Gasteiger partial charge in [0.2, 0.25) is 0 Å². The number of ether oxygens (including phenoxy) is 1. The summed E-state index contributed by atoms with van der Waals surface area (Å²) in [4.78, 5) is 12.8. The molecule has 0 fully saturated rings. The van der Waals surface area contributed by atoms with Gasteiger partial charge < -0.3 is 19.4 Å². The minimum atomic E-state index is -2.92. The van der Waals surface area contributed by atoms with E-state index in [1.807, 2.05) is 36.4 Å². The van der Waals surface area contributed by atoms with E-state index >= 15 is 0 Å². The highest BCUT2D eigenvalue weighted by atomic mass is 28.4. The van der Waals surface area contributed by atoms with Gasteiger partial charge >= 0.3 is 5.97 Å². The summed E-state index contributed by atoms with van der Waals surface area (Å²) in [6.45, 7) is 6.15. The average Bonchev–Trinajstić information content (AvgIpc) is 2.77. The Bertz CT molecular complexity index is 852. The molecule has 0 aliphatic heterocycles. The van der Waals surface area contributed by atoms with Crippen LogP contribution in [0.4, 0.5) is 0 Å². The number of carbonyl (C=O) groups is 1. The summed E-state index contributed by atoms with van der Waals surface area (Å²) in [6.07, 6.45) is 1.79. The molecule has 31 heavy (non-hydrogen) atoms. The molecule has 4 atom stereocenters. The Morgan fingerprint density at radius 3 is 1.90 bits per heavy atom. The average molecular weight is 441 g/mol. The van der Waals surface area contributed by atoms with E-state index in [0.29, 0.717) is 0 Å². The topological polar surface area (TPSA) is 76.0 Å². The van der Waals surface area contributed by atoms with Crippen LogP contribution < -0.4 is 10.4 Å². The van der Waals surface area contributed by atoms with Gasteiger partial charge in [-0.05, 0) is 15.4 Å². The molecule has 0 aromatic heterocycles. The van der Waals surface area contributed by atoms with Crippen molar-refractivity contribution in [3.05, 3.63) is 72.8 Å². The third kappa shape index (κ3) is 4.39. The van der Waals surface area contributed by atoms with Gasteiger partial charge in [0.15, 0.2) is 0 Å². The molecule has 6 heteroatoms. The molecule has 0 saturated carbocycles. The van der Waals surface area contributed by atoms with Crippen LogP contribution in [0.3, 0.4) is 0 Å². The molecule has 0 bridgehead atoms. The first-order chi connectivity index (χ1) is 14.8. The van der Waals surface area contributed by atoms with Gasteiger partial charge in [-0.1, -0.05) is 93.6 Å². The smallest absolute Gasteiger partial charge is 0.312 e. The van der Waals surface area contributed by atoms with Crippen LogP contribution in [0.2, 0.25) is 5.04 Å². The van der Waals surface area contributed by atoms with E-state index in [1.165, 1.54) is 7.11 Å². The Morgan fingerprint density at radius 1 is 0.968 bits per heavy atom. The third-order valence-electron chi connectivity index (χ3n) is 6.17. The lowest BCUT2D eigenvalue weighted by atomic mass is 9.80. The summed E-state index contributed by atoms with van der Waals surface area (Å²) >= 11 is 0. The highest BCUT2D eigenvalue weighted by Gasteiger charge is 2.54. The lowest BCUT2D eigenvalue weighted by molar-refractivity contribution is -0.154. The number of aliphatic hydroxyl groups excluding tert-OH is 2. The van der Waals surface area contributed by atoms with E-state index in [-0.39, 0.29) is 11.6 Å². The van der Waals surface area contributed by atoms with Crippen molar-refractivity contribution in [2.45, 2.75) is 38.0 Å². The maximum atomic E-state index is 12.8. The molecule has 0 amide bonds. The van der Waals surface area contributed by atoms with Crippen LogP contribution in [0.5, 0.6) is 0 Å². The summed E-state index contributed by atoms with van der Waals surface area (Å²) in [5, 5.41) is 22.3. The standard InChI is InChI=1S/C25H32O5Si/c1-25(2,3)31(18-11-7-5-8-12-18,19-13-9-6-10-14-19)30-22-16-15-21(27)20(17-26)23(22)24(28)29-4/h5-16,20-23,26-27H,17H2,1-4H3/t20-,21-,22+,23+/m0/s1. The van der Waals surface area contributed by atoms with Gasteiger partial charge in [-0.15, -0.1) is 0 Å². The molecule has 3 rings (SSSR count). The number of aliphatic hydroxyl groups is 2. The van der Waals surface area contributed by atoms with Crippen molar-refractivity contribution >= 4 is 24.7 Å². The molecule has 0 radical (unpaired) electrons. The fourth-order valence-electron chi connectivity index (χ4n) is 4.62.